The first-order chi connectivity index (χ1) is 23.3. The third-order valence-corrected chi connectivity index (χ3v) is 10.1. The van der Waals surface area contributed by atoms with Crippen molar-refractivity contribution in [3.63, 3.8) is 0 Å². The van der Waals surface area contributed by atoms with E-state index in [4.69, 9.17) is 21.1 Å². The first kappa shape index (κ1) is 33.9. The molecule has 0 unspecified atom stereocenters. The van der Waals surface area contributed by atoms with Gasteiger partial charge in [0.1, 0.15) is 23.7 Å². The van der Waals surface area contributed by atoms with Crippen molar-refractivity contribution in [3.05, 3.63) is 89.5 Å². The lowest BCUT2D eigenvalue weighted by molar-refractivity contribution is -0.161. The number of amides is 3. The fourth-order valence-corrected chi connectivity index (χ4v) is 7.82. The van der Waals surface area contributed by atoms with Gasteiger partial charge in [-0.25, -0.2) is 0 Å². The van der Waals surface area contributed by atoms with Gasteiger partial charge in [0.2, 0.25) is 11.8 Å². The minimum Gasteiger partial charge on any atom is -0.455 e. The molecule has 4 heterocycles. The van der Waals surface area contributed by atoms with E-state index in [1.54, 1.807) is 59.2 Å². The molecule has 0 saturated carbocycles. The zero-order chi connectivity index (χ0) is 33.8. The van der Waals surface area contributed by atoms with Gasteiger partial charge >= 0.3 is 5.97 Å². The van der Waals surface area contributed by atoms with Crippen LogP contribution >= 0.6 is 11.6 Å². The molecule has 2 aromatic carbocycles. The van der Waals surface area contributed by atoms with Crippen molar-refractivity contribution in [3.8, 4) is 0 Å². The predicted octanol–water partition coefficient (Wildman–Crippen LogP) is 4.52. The normalized spacial score (nSPS) is 31.1. The number of fused-ring (bicyclic) bond motifs is 2. The number of hydrogen-bond acceptors (Lipinski definition) is 7. The first-order valence-corrected chi connectivity index (χ1v) is 17.2. The molecule has 4 aliphatic heterocycles. The second-order valence-electron chi connectivity index (χ2n) is 12.9. The van der Waals surface area contributed by atoms with E-state index in [1.807, 2.05) is 36.4 Å². The maximum atomic E-state index is 14.7. The molecule has 7 atom stereocenters. The number of hydrogen-bond donors (Lipinski definition) is 2. The smallest absolute Gasteiger partial charge is 0.313 e. The summed E-state index contributed by atoms with van der Waals surface area (Å²) in [6.45, 7) is 2.36. The summed E-state index contributed by atoms with van der Waals surface area (Å²) in [6.07, 6.45) is 8.85. The van der Waals surface area contributed by atoms with Gasteiger partial charge in [-0.1, -0.05) is 91.2 Å². The predicted molar refractivity (Wildman–Crippen MR) is 180 cm³/mol. The highest BCUT2D eigenvalue weighted by Crippen LogP contribution is 2.53. The topological polar surface area (TPSA) is 125 Å². The molecule has 2 aromatic rings. The maximum Gasteiger partial charge on any atom is 0.313 e. The van der Waals surface area contributed by atoms with Gasteiger partial charge in [-0.2, -0.15) is 0 Å². The fraction of sp³-hybridized carbons (Fsp3) is 0.459. The fourth-order valence-electron chi connectivity index (χ4n) is 7.58. The maximum absolute atomic E-state index is 14.7. The van der Waals surface area contributed by atoms with E-state index in [-0.39, 0.29) is 43.8 Å². The highest BCUT2D eigenvalue weighted by molar-refractivity contribution is 6.34. The van der Waals surface area contributed by atoms with Crippen LogP contribution in [0, 0.1) is 11.8 Å². The lowest BCUT2D eigenvalue weighted by Gasteiger charge is -2.35. The Labute approximate surface area is 285 Å². The number of halogens is 1. The molecule has 10 nitrogen and oxygen atoms in total. The van der Waals surface area contributed by atoms with Crippen LogP contribution in [-0.4, -0.2) is 77.2 Å². The number of likely N-dealkylation sites (tertiary alicyclic amines) is 1. The van der Waals surface area contributed by atoms with E-state index in [2.05, 4.69) is 5.32 Å². The van der Waals surface area contributed by atoms with E-state index in [0.29, 0.717) is 35.5 Å². The van der Waals surface area contributed by atoms with Crippen LogP contribution < -0.4 is 10.2 Å². The van der Waals surface area contributed by atoms with Crippen molar-refractivity contribution >= 4 is 41.0 Å². The third-order valence-electron chi connectivity index (χ3n) is 9.79. The molecule has 6 rings (SSSR count). The van der Waals surface area contributed by atoms with Crippen molar-refractivity contribution < 1.29 is 33.8 Å². The Morgan fingerprint density at radius 2 is 1.71 bits per heavy atom. The van der Waals surface area contributed by atoms with E-state index in [1.165, 1.54) is 0 Å². The molecule has 11 heteroatoms. The number of rotatable bonds is 8. The third kappa shape index (κ3) is 6.41. The van der Waals surface area contributed by atoms with Crippen molar-refractivity contribution in [1.82, 2.24) is 10.2 Å². The molecule has 2 saturated heterocycles. The molecule has 254 valence electrons. The Kier molecular flexibility index (Phi) is 10.3. The van der Waals surface area contributed by atoms with Crippen LogP contribution in [0.15, 0.2) is 78.9 Å². The monoisotopic (exact) mass is 675 g/mol. The Bertz CT molecular complexity index is 1580. The van der Waals surface area contributed by atoms with Gasteiger partial charge in [0.15, 0.2) is 0 Å². The van der Waals surface area contributed by atoms with Crippen LogP contribution in [0.2, 0.25) is 5.02 Å². The molecule has 4 aliphatic rings. The van der Waals surface area contributed by atoms with Crippen LogP contribution in [0.4, 0.5) is 5.69 Å². The summed E-state index contributed by atoms with van der Waals surface area (Å²) < 4.78 is 13.1. The zero-order valence-electron chi connectivity index (χ0n) is 27.0. The summed E-state index contributed by atoms with van der Waals surface area (Å²) in [6, 6.07) is 14.7. The second kappa shape index (κ2) is 14.6. The van der Waals surface area contributed by atoms with Crippen LogP contribution in [0.25, 0.3) is 0 Å². The summed E-state index contributed by atoms with van der Waals surface area (Å²) in [5, 5.41) is 12.6. The van der Waals surface area contributed by atoms with Gasteiger partial charge < -0.3 is 29.7 Å². The number of unbranched alkanes of at least 4 members (excludes halogenated alkanes) is 3. The van der Waals surface area contributed by atoms with E-state index in [0.717, 1.165) is 12.8 Å². The summed E-state index contributed by atoms with van der Waals surface area (Å²) in [7, 11) is 0. The van der Waals surface area contributed by atoms with Crippen LogP contribution in [0.1, 0.15) is 57.1 Å². The second-order valence-corrected chi connectivity index (χ2v) is 13.3. The Morgan fingerprint density at radius 3 is 2.48 bits per heavy atom. The molecule has 0 aliphatic carbocycles. The van der Waals surface area contributed by atoms with Crippen LogP contribution in [0.3, 0.4) is 0 Å². The van der Waals surface area contributed by atoms with Crippen LogP contribution in [-0.2, 0) is 28.7 Å². The van der Waals surface area contributed by atoms with Gasteiger partial charge in [0.05, 0.1) is 28.8 Å². The number of ether oxygens (including phenoxy) is 2. The summed E-state index contributed by atoms with van der Waals surface area (Å²) in [5.74, 6) is -3.58. The highest BCUT2D eigenvalue weighted by Gasteiger charge is 2.71. The Morgan fingerprint density at radius 1 is 0.958 bits per heavy atom. The summed E-state index contributed by atoms with van der Waals surface area (Å²) in [4.78, 5) is 59.7. The van der Waals surface area contributed by atoms with Gasteiger partial charge in [-0.15, -0.1) is 0 Å². The molecular formula is C37H42ClN3O7. The van der Waals surface area contributed by atoms with Crippen molar-refractivity contribution in [2.24, 2.45) is 11.8 Å². The number of nitrogens with one attached hydrogen (secondary N) is 1. The lowest BCUT2D eigenvalue weighted by atomic mass is 9.77. The lowest BCUT2D eigenvalue weighted by Crippen LogP contribution is -2.55. The number of aliphatic hydroxyl groups excluding tert-OH is 1. The molecule has 0 radical (unpaired) electrons. The largest absolute Gasteiger partial charge is 0.455 e. The van der Waals surface area contributed by atoms with E-state index < -0.39 is 47.7 Å². The number of carbonyl (C=O) groups excluding carboxylic acids is 4. The SMILES string of the molecule is C[C@H]1NC(=O)CC/C=C\[C@H]2O[C@]34C=CCN(c5ccccc5Cl)C(=O)[C@H]3N(CCCCCCO)C(=O)[C@@H]4[C@H]2C(=O)O[C@@H]1c1ccccc1. The van der Waals surface area contributed by atoms with Gasteiger partial charge in [-0.3, -0.25) is 19.2 Å². The number of aliphatic hydroxyl groups is 1. The van der Waals surface area contributed by atoms with E-state index in [9.17, 15) is 24.3 Å². The number of para-hydroxylation sites is 1. The minimum absolute atomic E-state index is 0.0886. The quantitative estimate of drug-likeness (QED) is 0.240. The van der Waals surface area contributed by atoms with Gasteiger partial charge in [-0.05, 0) is 43.9 Å². The van der Waals surface area contributed by atoms with Gasteiger partial charge in [0.25, 0.3) is 5.91 Å². The highest BCUT2D eigenvalue weighted by atomic mass is 35.5. The molecule has 2 fully saturated rings. The van der Waals surface area contributed by atoms with Crippen molar-refractivity contribution in [2.75, 3.05) is 24.6 Å². The van der Waals surface area contributed by atoms with Crippen LogP contribution in [0.5, 0.6) is 0 Å². The number of esters is 1. The van der Waals surface area contributed by atoms with Crippen molar-refractivity contribution in [1.29, 1.82) is 0 Å². The molecule has 0 aromatic heterocycles. The number of allylic oxidation sites excluding steroid dienone is 1. The number of anilines is 1. The van der Waals surface area contributed by atoms with E-state index >= 15 is 0 Å². The molecule has 3 amide bonds. The first-order valence-electron chi connectivity index (χ1n) is 16.8. The number of nitrogens with zero attached hydrogens (tertiary/aromatic N) is 2. The Hall–Kier alpha value is -3.99. The van der Waals surface area contributed by atoms with Gasteiger partial charge in [0, 0.05) is 26.1 Å². The minimum atomic E-state index is -1.45. The molecule has 1 spiro atoms. The Balaban J connectivity index is 1.41. The average molecular weight is 676 g/mol. The number of cyclic esters (lactones) is 1. The number of benzene rings is 2. The standard InChI is InChI=1S/C37H42ClN3O7/c1-24-32(25-14-5-4-6-15-25)47-36(46)30-28(18-9-10-19-29(43)39-24)48-37-20-13-22-40(27-17-8-7-16-26(27)38)35(45)33(37)41(34(44)31(30)37)21-11-2-3-12-23-42/h4-9,13-18,20,24,28,30-33,42H,2-3,10-12,19,21-23H2,1H3,(H,39,43)/b18-9-/t24-,28-,30+,31+,32+,33-,37+/m1/s1. The average Bonchev–Trinajstić information content (AvgIpc) is 3.46. The zero-order valence-corrected chi connectivity index (χ0v) is 27.8. The molecule has 48 heavy (non-hydrogen) atoms. The molecule has 0 bridgehead atoms. The summed E-state index contributed by atoms with van der Waals surface area (Å²) >= 11 is 6.57. The molecule has 2 N–H and O–H groups in total. The van der Waals surface area contributed by atoms with Crippen molar-refractivity contribution in [2.45, 2.75) is 75.3 Å². The molecular weight excluding hydrogens is 634 g/mol. The number of carbonyl (C=O) groups is 4. The summed E-state index contributed by atoms with van der Waals surface area (Å²) in [5.41, 5.74) is -0.224.